The van der Waals surface area contributed by atoms with Crippen molar-refractivity contribution in [2.24, 2.45) is 0 Å². The molecule has 6 atom stereocenters. The van der Waals surface area contributed by atoms with E-state index >= 15 is 0 Å². The van der Waals surface area contributed by atoms with Crippen molar-refractivity contribution >= 4 is 0 Å². The fourth-order valence-corrected chi connectivity index (χ4v) is 1.17. The number of rotatable bonds is 9. The van der Waals surface area contributed by atoms with Gasteiger partial charge in [-0.3, -0.25) is 5.32 Å². The molecule has 0 fully saturated rings. The maximum Gasteiger partial charge on any atom is 0.133 e. The van der Waals surface area contributed by atoms with E-state index in [2.05, 4.69) is 5.32 Å². The summed E-state index contributed by atoms with van der Waals surface area (Å²) in [6, 6.07) is 0. The summed E-state index contributed by atoms with van der Waals surface area (Å²) in [5.74, 6) is 0. The lowest BCUT2D eigenvalue weighted by atomic mass is 10.0. The van der Waals surface area contributed by atoms with Gasteiger partial charge >= 0.3 is 0 Å². The third kappa shape index (κ3) is 5.52. The first kappa shape index (κ1) is 17.6. The fourth-order valence-electron chi connectivity index (χ4n) is 1.17. The van der Waals surface area contributed by atoms with Gasteiger partial charge in [0.05, 0.1) is 19.3 Å². The Labute approximate surface area is 104 Å². The van der Waals surface area contributed by atoms with Crippen molar-refractivity contribution in [3.8, 4) is 0 Å². The number of hydrogen-bond donors (Lipinski definition) is 9. The Morgan fingerprint density at radius 3 is 1.72 bits per heavy atom. The summed E-state index contributed by atoms with van der Waals surface area (Å²) < 4.78 is 0. The predicted octanol–water partition coefficient (Wildman–Crippen LogP) is -5.32. The molecule has 2 unspecified atom stereocenters. The molecule has 110 valence electrons. The second-order valence-corrected chi connectivity index (χ2v) is 3.91. The summed E-state index contributed by atoms with van der Waals surface area (Å²) in [6.45, 7) is -1.62. The molecule has 0 rings (SSSR count). The molecule has 0 aliphatic rings. The summed E-state index contributed by atoms with van der Waals surface area (Å²) in [6.07, 6.45) is -10.1. The lowest BCUT2D eigenvalue weighted by Gasteiger charge is -2.29. The van der Waals surface area contributed by atoms with Crippen LogP contribution in [0, 0.1) is 0 Å². The molecule has 9 heteroatoms. The zero-order valence-corrected chi connectivity index (χ0v) is 9.66. The van der Waals surface area contributed by atoms with Gasteiger partial charge in [0.1, 0.15) is 30.6 Å². The number of aliphatic hydroxyl groups is 8. The lowest BCUT2D eigenvalue weighted by Crippen LogP contribution is -2.54. The van der Waals surface area contributed by atoms with Crippen LogP contribution in [0.2, 0.25) is 0 Å². The summed E-state index contributed by atoms with van der Waals surface area (Å²) in [4.78, 5) is 0. The van der Waals surface area contributed by atoms with Gasteiger partial charge in [-0.25, -0.2) is 0 Å². The Kier molecular flexibility index (Phi) is 8.52. The normalized spacial score (nSPS) is 22.0. The zero-order chi connectivity index (χ0) is 14.3. The minimum atomic E-state index is -1.90. The number of aliphatic hydroxyl groups excluding tert-OH is 8. The summed E-state index contributed by atoms with van der Waals surface area (Å²) >= 11 is 0. The van der Waals surface area contributed by atoms with Crippen molar-refractivity contribution in [1.29, 1.82) is 0 Å². The Morgan fingerprint density at radius 2 is 1.28 bits per heavy atom. The third-order valence-electron chi connectivity index (χ3n) is 2.38. The van der Waals surface area contributed by atoms with Crippen LogP contribution < -0.4 is 5.32 Å². The maximum atomic E-state index is 9.43. The SMILES string of the molecule is OCC(O)CNC(O)[C@H](O)[C@@H](O)[C@@H](O)[C@H](O)CO. The van der Waals surface area contributed by atoms with Gasteiger partial charge < -0.3 is 40.9 Å². The standard InChI is InChI=1S/C9H21NO8/c11-2-4(13)1-10-9(18)8(17)7(16)6(15)5(14)3-12/h4-18H,1-3H2/t4?,5-,6+,7+,8-,9?/m1/s1. The first-order valence-corrected chi connectivity index (χ1v) is 5.38. The Bertz CT molecular complexity index is 219. The van der Waals surface area contributed by atoms with Crippen LogP contribution >= 0.6 is 0 Å². The Morgan fingerprint density at radius 1 is 0.722 bits per heavy atom. The van der Waals surface area contributed by atoms with Gasteiger partial charge in [-0.15, -0.1) is 0 Å². The number of hydrogen-bond acceptors (Lipinski definition) is 9. The third-order valence-corrected chi connectivity index (χ3v) is 2.38. The molecule has 0 spiro atoms. The average molecular weight is 271 g/mol. The van der Waals surface area contributed by atoms with E-state index in [1.54, 1.807) is 0 Å². The van der Waals surface area contributed by atoms with Crippen LogP contribution in [0.15, 0.2) is 0 Å². The molecule has 0 saturated heterocycles. The predicted molar refractivity (Wildman–Crippen MR) is 58.2 cm³/mol. The summed E-state index contributed by atoms with van der Waals surface area (Å²) in [5, 5.41) is 74.7. The van der Waals surface area contributed by atoms with Crippen molar-refractivity contribution in [2.75, 3.05) is 19.8 Å². The summed E-state index contributed by atoms with van der Waals surface area (Å²) in [5.41, 5.74) is 0. The molecular formula is C9H21NO8. The molecule has 0 aromatic rings. The quantitative estimate of drug-likeness (QED) is 0.185. The molecule has 0 heterocycles. The van der Waals surface area contributed by atoms with Crippen LogP contribution in [0.5, 0.6) is 0 Å². The zero-order valence-electron chi connectivity index (χ0n) is 9.66. The molecule has 0 radical (unpaired) electrons. The average Bonchev–Trinajstić information content (AvgIpc) is 2.40. The van der Waals surface area contributed by atoms with E-state index in [1.165, 1.54) is 0 Å². The molecular weight excluding hydrogens is 250 g/mol. The first-order valence-electron chi connectivity index (χ1n) is 5.38. The smallest absolute Gasteiger partial charge is 0.133 e. The van der Waals surface area contributed by atoms with Gasteiger partial charge in [0.2, 0.25) is 0 Å². The number of nitrogens with one attached hydrogen (secondary N) is 1. The van der Waals surface area contributed by atoms with Crippen LogP contribution in [0.3, 0.4) is 0 Å². The minimum Gasteiger partial charge on any atom is -0.394 e. The monoisotopic (exact) mass is 271 g/mol. The van der Waals surface area contributed by atoms with E-state index in [0.29, 0.717) is 0 Å². The van der Waals surface area contributed by atoms with Crippen molar-refractivity contribution in [3.63, 3.8) is 0 Å². The largest absolute Gasteiger partial charge is 0.394 e. The van der Waals surface area contributed by atoms with Crippen LogP contribution in [0.25, 0.3) is 0 Å². The molecule has 9 N–H and O–H groups in total. The van der Waals surface area contributed by atoms with Gasteiger partial charge in [-0.2, -0.15) is 0 Å². The minimum absolute atomic E-state index is 0.250. The fraction of sp³-hybridized carbons (Fsp3) is 1.00. The molecule has 0 aliphatic heterocycles. The molecule has 0 amide bonds. The van der Waals surface area contributed by atoms with Crippen LogP contribution in [-0.4, -0.2) is 97.4 Å². The second-order valence-electron chi connectivity index (χ2n) is 3.91. The van der Waals surface area contributed by atoms with Gasteiger partial charge in [0, 0.05) is 6.54 Å². The molecule has 0 saturated carbocycles. The summed E-state index contributed by atoms with van der Waals surface area (Å²) in [7, 11) is 0. The Balaban J connectivity index is 4.22. The van der Waals surface area contributed by atoms with Crippen molar-refractivity contribution in [3.05, 3.63) is 0 Å². The maximum absolute atomic E-state index is 9.43. The van der Waals surface area contributed by atoms with Gasteiger partial charge in [0.25, 0.3) is 0 Å². The first-order chi connectivity index (χ1) is 8.34. The van der Waals surface area contributed by atoms with E-state index in [-0.39, 0.29) is 6.54 Å². The van der Waals surface area contributed by atoms with Crippen LogP contribution in [-0.2, 0) is 0 Å². The van der Waals surface area contributed by atoms with E-state index in [4.69, 9.17) is 20.4 Å². The lowest BCUT2D eigenvalue weighted by molar-refractivity contribution is -0.146. The molecule has 18 heavy (non-hydrogen) atoms. The highest BCUT2D eigenvalue weighted by Crippen LogP contribution is 2.07. The second kappa shape index (κ2) is 8.69. The van der Waals surface area contributed by atoms with Crippen molar-refractivity contribution in [2.45, 2.75) is 36.7 Å². The molecule has 0 aromatic heterocycles. The van der Waals surface area contributed by atoms with Crippen LogP contribution in [0.4, 0.5) is 0 Å². The van der Waals surface area contributed by atoms with Gasteiger partial charge in [-0.1, -0.05) is 0 Å². The van der Waals surface area contributed by atoms with Gasteiger partial charge in [0.15, 0.2) is 0 Å². The molecule has 0 bridgehead atoms. The highest BCUT2D eigenvalue weighted by molar-refractivity contribution is 4.84. The van der Waals surface area contributed by atoms with E-state index < -0.39 is 50.0 Å². The molecule has 0 aliphatic carbocycles. The van der Waals surface area contributed by atoms with E-state index in [1.807, 2.05) is 0 Å². The molecule has 0 aromatic carbocycles. The topological polar surface area (TPSA) is 174 Å². The van der Waals surface area contributed by atoms with E-state index in [9.17, 15) is 20.4 Å². The molecule has 9 nitrogen and oxygen atoms in total. The highest BCUT2D eigenvalue weighted by Gasteiger charge is 2.33. The van der Waals surface area contributed by atoms with Crippen molar-refractivity contribution in [1.82, 2.24) is 5.32 Å². The van der Waals surface area contributed by atoms with Crippen molar-refractivity contribution < 1.29 is 40.9 Å². The van der Waals surface area contributed by atoms with Crippen LogP contribution in [0.1, 0.15) is 0 Å². The highest BCUT2D eigenvalue weighted by atomic mass is 16.4. The van der Waals surface area contributed by atoms with Gasteiger partial charge in [-0.05, 0) is 0 Å². The van der Waals surface area contributed by atoms with E-state index in [0.717, 1.165) is 0 Å². The Hall–Kier alpha value is -0.360.